The molecule has 2 aromatic carbocycles. The first-order chi connectivity index (χ1) is 15.4. The SMILES string of the molecule is Cc1ccc(CCC(=O)Nc2cccc3c(=O)n(C(O)C4CCCCC4)ccc23)c(C)c1. The molecule has 1 aliphatic carbocycles. The Hall–Kier alpha value is -2.92. The van der Waals surface area contributed by atoms with Crippen molar-refractivity contribution in [3.8, 4) is 0 Å². The molecule has 4 rings (SSSR count). The van der Waals surface area contributed by atoms with Crippen molar-refractivity contribution in [3.05, 3.63) is 75.7 Å². The van der Waals surface area contributed by atoms with Crippen LogP contribution in [-0.2, 0) is 11.2 Å². The predicted molar refractivity (Wildman–Crippen MR) is 129 cm³/mol. The standard InChI is InChI=1S/C27H32N2O3/c1-18-11-12-20(19(2)17-18)13-14-25(30)28-24-10-6-9-23-22(24)15-16-29(27(23)32)26(31)21-7-4-3-5-8-21/h6,9-12,15-17,21,26,31H,3-5,7-8,13-14H2,1-2H3,(H,28,30). The molecule has 32 heavy (non-hydrogen) atoms. The van der Waals surface area contributed by atoms with Gasteiger partial charge < -0.3 is 10.4 Å². The maximum Gasteiger partial charge on any atom is 0.260 e. The quantitative estimate of drug-likeness (QED) is 0.558. The molecule has 1 heterocycles. The average molecular weight is 433 g/mol. The first-order valence-corrected chi connectivity index (χ1v) is 11.6. The molecule has 1 unspecified atom stereocenters. The zero-order chi connectivity index (χ0) is 22.7. The maximum absolute atomic E-state index is 13.1. The Morgan fingerprint density at radius 2 is 1.88 bits per heavy atom. The number of aliphatic hydroxyl groups excluding tert-OH is 1. The molecule has 5 nitrogen and oxygen atoms in total. The van der Waals surface area contributed by atoms with Gasteiger partial charge in [-0.2, -0.15) is 0 Å². The third-order valence-corrected chi connectivity index (χ3v) is 6.72. The second-order valence-electron chi connectivity index (χ2n) is 9.08. The minimum Gasteiger partial charge on any atom is -0.373 e. The lowest BCUT2D eigenvalue weighted by atomic mass is 9.88. The van der Waals surface area contributed by atoms with Gasteiger partial charge >= 0.3 is 0 Å². The lowest BCUT2D eigenvalue weighted by Crippen LogP contribution is -2.30. The van der Waals surface area contributed by atoms with E-state index in [4.69, 9.17) is 0 Å². The summed E-state index contributed by atoms with van der Waals surface area (Å²) in [6, 6.07) is 13.5. The van der Waals surface area contributed by atoms with Gasteiger partial charge in [0, 0.05) is 35.0 Å². The van der Waals surface area contributed by atoms with Crippen LogP contribution >= 0.6 is 0 Å². The van der Waals surface area contributed by atoms with Gasteiger partial charge in [-0.3, -0.25) is 14.2 Å². The van der Waals surface area contributed by atoms with E-state index in [1.807, 2.05) is 12.1 Å². The van der Waals surface area contributed by atoms with Crippen molar-refractivity contribution < 1.29 is 9.90 Å². The minimum absolute atomic E-state index is 0.0797. The van der Waals surface area contributed by atoms with Gasteiger partial charge in [-0.25, -0.2) is 0 Å². The number of aryl methyl sites for hydroxylation is 3. The Morgan fingerprint density at radius 1 is 1.09 bits per heavy atom. The fourth-order valence-electron chi connectivity index (χ4n) is 4.86. The van der Waals surface area contributed by atoms with Gasteiger partial charge in [-0.1, -0.05) is 49.1 Å². The summed E-state index contributed by atoms with van der Waals surface area (Å²) in [6.45, 7) is 4.13. The third-order valence-electron chi connectivity index (χ3n) is 6.72. The Kier molecular flexibility index (Phi) is 6.75. The molecular formula is C27H32N2O3. The summed E-state index contributed by atoms with van der Waals surface area (Å²) in [7, 11) is 0. The summed E-state index contributed by atoms with van der Waals surface area (Å²) >= 11 is 0. The van der Waals surface area contributed by atoms with E-state index in [9.17, 15) is 14.7 Å². The molecule has 0 radical (unpaired) electrons. The number of carbonyl (C=O) groups excluding carboxylic acids is 1. The predicted octanol–water partition coefficient (Wildman–Crippen LogP) is 5.26. The van der Waals surface area contributed by atoms with Crippen molar-refractivity contribution in [2.24, 2.45) is 5.92 Å². The fraction of sp³-hybridized carbons (Fsp3) is 0.407. The number of aromatic nitrogens is 1. The molecule has 1 aliphatic rings. The monoisotopic (exact) mass is 432 g/mol. The Bertz CT molecular complexity index is 1180. The highest BCUT2D eigenvalue weighted by molar-refractivity contribution is 6.01. The topological polar surface area (TPSA) is 71.3 Å². The summed E-state index contributed by atoms with van der Waals surface area (Å²) in [4.78, 5) is 25.8. The number of hydrogen-bond acceptors (Lipinski definition) is 3. The molecule has 1 aromatic heterocycles. The molecule has 0 saturated heterocycles. The van der Waals surface area contributed by atoms with Gasteiger partial charge in [0.05, 0.1) is 0 Å². The van der Waals surface area contributed by atoms with Crippen LogP contribution < -0.4 is 10.9 Å². The minimum atomic E-state index is -0.803. The van der Waals surface area contributed by atoms with E-state index in [1.165, 1.54) is 27.7 Å². The second kappa shape index (κ2) is 9.70. The first kappa shape index (κ1) is 22.3. The zero-order valence-electron chi connectivity index (χ0n) is 18.9. The van der Waals surface area contributed by atoms with Crippen LogP contribution in [-0.4, -0.2) is 15.6 Å². The molecular weight excluding hydrogens is 400 g/mol. The number of rotatable bonds is 6. The maximum atomic E-state index is 13.1. The number of pyridine rings is 1. The van der Waals surface area contributed by atoms with Crippen LogP contribution in [0.1, 0.15) is 61.4 Å². The molecule has 0 spiro atoms. The summed E-state index contributed by atoms with van der Waals surface area (Å²) in [5.74, 6) is 0.0379. The molecule has 0 bridgehead atoms. The number of anilines is 1. The highest BCUT2D eigenvalue weighted by Crippen LogP contribution is 2.31. The number of hydrogen-bond donors (Lipinski definition) is 2. The second-order valence-corrected chi connectivity index (χ2v) is 9.08. The molecule has 1 fully saturated rings. The van der Waals surface area contributed by atoms with E-state index < -0.39 is 6.23 Å². The number of benzene rings is 2. The summed E-state index contributed by atoms with van der Waals surface area (Å²) in [5, 5.41) is 15.0. The zero-order valence-corrected chi connectivity index (χ0v) is 18.9. The van der Waals surface area contributed by atoms with Crippen LogP contribution in [0.5, 0.6) is 0 Å². The smallest absolute Gasteiger partial charge is 0.260 e. The van der Waals surface area contributed by atoms with Crippen molar-refractivity contribution in [1.82, 2.24) is 4.57 Å². The number of amides is 1. The van der Waals surface area contributed by atoms with Crippen molar-refractivity contribution in [2.75, 3.05) is 5.32 Å². The highest BCUT2D eigenvalue weighted by atomic mass is 16.3. The molecule has 1 atom stereocenters. The van der Waals surface area contributed by atoms with Crippen molar-refractivity contribution in [3.63, 3.8) is 0 Å². The van der Waals surface area contributed by atoms with Crippen LogP contribution in [0, 0.1) is 19.8 Å². The molecule has 0 aliphatic heterocycles. The molecule has 1 saturated carbocycles. The lowest BCUT2D eigenvalue weighted by molar-refractivity contribution is -0.116. The number of fused-ring (bicyclic) bond motifs is 1. The summed E-state index contributed by atoms with van der Waals surface area (Å²) in [5.41, 5.74) is 3.99. The summed E-state index contributed by atoms with van der Waals surface area (Å²) < 4.78 is 1.45. The number of nitrogens with one attached hydrogen (secondary N) is 1. The number of nitrogens with zero attached hydrogens (tertiary/aromatic N) is 1. The average Bonchev–Trinajstić information content (AvgIpc) is 2.79. The van der Waals surface area contributed by atoms with E-state index in [0.717, 1.165) is 25.7 Å². The Morgan fingerprint density at radius 3 is 2.62 bits per heavy atom. The van der Waals surface area contributed by atoms with E-state index in [1.54, 1.807) is 18.3 Å². The van der Waals surface area contributed by atoms with Crippen molar-refractivity contribution in [1.29, 1.82) is 0 Å². The van der Waals surface area contributed by atoms with Crippen molar-refractivity contribution in [2.45, 2.75) is 65.0 Å². The van der Waals surface area contributed by atoms with Gasteiger partial charge in [0.2, 0.25) is 5.91 Å². The van der Waals surface area contributed by atoms with Gasteiger partial charge in [0.25, 0.3) is 5.56 Å². The molecule has 1 amide bonds. The van der Waals surface area contributed by atoms with Gasteiger partial charge in [-0.05, 0) is 62.4 Å². The molecule has 168 valence electrons. The van der Waals surface area contributed by atoms with E-state index >= 15 is 0 Å². The van der Waals surface area contributed by atoms with E-state index in [2.05, 4.69) is 37.4 Å². The van der Waals surface area contributed by atoms with Crippen LogP contribution in [0.15, 0.2) is 53.5 Å². The Balaban J connectivity index is 1.51. The van der Waals surface area contributed by atoms with E-state index in [0.29, 0.717) is 29.3 Å². The highest BCUT2D eigenvalue weighted by Gasteiger charge is 2.24. The fourth-order valence-corrected chi connectivity index (χ4v) is 4.86. The molecule has 2 N–H and O–H groups in total. The van der Waals surface area contributed by atoms with E-state index in [-0.39, 0.29) is 17.4 Å². The van der Waals surface area contributed by atoms with Crippen LogP contribution in [0.3, 0.4) is 0 Å². The van der Waals surface area contributed by atoms with Gasteiger partial charge in [-0.15, -0.1) is 0 Å². The van der Waals surface area contributed by atoms with Crippen LogP contribution in [0.25, 0.3) is 10.8 Å². The van der Waals surface area contributed by atoms with Gasteiger partial charge in [0.1, 0.15) is 6.23 Å². The normalized spacial score (nSPS) is 15.6. The number of carbonyl (C=O) groups is 1. The summed E-state index contributed by atoms with van der Waals surface area (Å²) in [6.07, 6.45) is 7.19. The third kappa shape index (κ3) is 4.78. The molecule has 5 heteroatoms. The molecule has 3 aromatic rings. The Labute approximate surface area is 189 Å². The van der Waals surface area contributed by atoms with Crippen molar-refractivity contribution >= 4 is 22.4 Å². The van der Waals surface area contributed by atoms with Crippen LogP contribution in [0.2, 0.25) is 0 Å². The number of aliphatic hydroxyl groups is 1. The van der Waals surface area contributed by atoms with Gasteiger partial charge in [0.15, 0.2) is 0 Å². The largest absolute Gasteiger partial charge is 0.373 e. The first-order valence-electron chi connectivity index (χ1n) is 11.6. The van der Waals surface area contributed by atoms with Crippen LogP contribution in [0.4, 0.5) is 5.69 Å². The lowest BCUT2D eigenvalue weighted by Gasteiger charge is -2.28.